The average Bonchev–Trinajstić information content (AvgIpc) is 3.11. The minimum atomic E-state index is -0.701. The van der Waals surface area contributed by atoms with E-state index in [1.54, 1.807) is 0 Å². The highest BCUT2D eigenvalue weighted by molar-refractivity contribution is 6.27. The molecule has 10 nitrogen and oxygen atoms in total. The van der Waals surface area contributed by atoms with Gasteiger partial charge >= 0.3 is 0 Å². The molecule has 1 aliphatic carbocycles. The van der Waals surface area contributed by atoms with Gasteiger partial charge in [-0.05, 0) is 35.6 Å². The topological polar surface area (TPSA) is 142 Å². The summed E-state index contributed by atoms with van der Waals surface area (Å²) >= 11 is 0. The van der Waals surface area contributed by atoms with Crippen LogP contribution in [0.5, 0.6) is 0 Å². The molecular formula is C23H18N4O6. The summed E-state index contributed by atoms with van der Waals surface area (Å²) in [6.07, 6.45) is 1.34. The highest BCUT2D eigenvalue weighted by Crippen LogP contribution is 2.46. The molecule has 0 saturated heterocycles. The molecule has 0 atom stereocenters. The van der Waals surface area contributed by atoms with Crippen LogP contribution in [0.25, 0.3) is 11.1 Å². The van der Waals surface area contributed by atoms with Crippen LogP contribution in [0.4, 0.5) is 22.7 Å². The van der Waals surface area contributed by atoms with Crippen LogP contribution < -0.4 is 0 Å². The second-order valence-electron chi connectivity index (χ2n) is 7.48. The Labute approximate surface area is 187 Å². The van der Waals surface area contributed by atoms with Gasteiger partial charge in [0.2, 0.25) is 0 Å². The Kier molecular flexibility index (Phi) is 5.42. The van der Waals surface area contributed by atoms with Crippen LogP contribution in [0, 0.1) is 30.3 Å². The number of aryl methyl sites for hydroxylation is 2. The summed E-state index contributed by atoms with van der Waals surface area (Å²) in [6.45, 7) is 3.94. The van der Waals surface area contributed by atoms with Crippen molar-refractivity contribution in [1.29, 1.82) is 0 Å². The SMILES string of the molecule is CCc1cccc(CC)c1N=C1c2cc([N+](=O)[O-])ccc2-c2c1cc([N+](=O)[O-])cc2[N+](=O)[O-]. The molecule has 33 heavy (non-hydrogen) atoms. The van der Waals surface area contributed by atoms with Crippen LogP contribution >= 0.6 is 0 Å². The summed E-state index contributed by atoms with van der Waals surface area (Å²) in [4.78, 5) is 37.6. The summed E-state index contributed by atoms with van der Waals surface area (Å²) in [5.41, 5.74) is 2.76. The lowest BCUT2D eigenvalue weighted by molar-refractivity contribution is -0.393. The first-order chi connectivity index (χ1) is 15.8. The van der Waals surface area contributed by atoms with Crippen LogP contribution in [0.2, 0.25) is 0 Å². The molecule has 1 aliphatic rings. The van der Waals surface area contributed by atoms with E-state index >= 15 is 0 Å². The fourth-order valence-electron chi connectivity index (χ4n) is 4.13. The average molecular weight is 446 g/mol. The smallest absolute Gasteiger partial charge is 0.258 e. The number of nitrogens with zero attached hydrogens (tertiary/aromatic N) is 4. The maximum atomic E-state index is 11.8. The zero-order valence-electron chi connectivity index (χ0n) is 17.8. The van der Waals surface area contributed by atoms with Gasteiger partial charge in [-0.3, -0.25) is 30.3 Å². The molecule has 0 aliphatic heterocycles. The van der Waals surface area contributed by atoms with Gasteiger partial charge in [0, 0.05) is 29.3 Å². The van der Waals surface area contributed by atoms with E-state index in [0.29, 0.717) is 29.7 Å². The van der Waals surface area contributed by atoms with E-state index in [0.717, 1.165) is 17.2 Å². The number of non-ortho nitro benzene ring substituents is 2. The number of fused-ring (bicyclic) bond motifs is 3. The van der Waals surface area contributed by atoms with Gasteiger partial charge in [-0.25, -0.2) is 4.99 Å². The Morgan fingerprint density at radius 2 is 1.33 bits per heavy atom. The fraction of sp³-hybridized carbons (Fsp3) is 0.174. The number of aliphatic imine (C=N–C) groups is 1. The number of para-hydroxylation sites is 1. The Hall–Kier alpha value is -4.47. The predicted octanol–water partition coefficient (Wildman–Crippen LogP) is 5.69. The Morgan fingerprint density at radius 3 is 1.88 bits per heavy atom. The molecule has 0 bridgehead atoms. The van der Waals surface area contributed by atoms with Gasteiger partial charge in [-0.15, -0.1) is 0 Å². The number of nitro benzene ring substituents is 3. The first-order valence-corrected chi connectivity index (χ1v) is 10.2. The van der Waals surface area contributed by atoms with E-state index in [1.807, 2.05) is 32.0 Å². The van der Waals surface area contributed by atoms with Crippen molar-refractivity contribution in [2.24, 2.45) is 4.99 Å². The van der Waals surface area contributed by atoms with Crippen LogP contribution in [-0.4, -0.2) is 20.5 Å². The highest BCUT2D eigenvalue weighted by atomic mass is 16.6. The summed E-state index contributed by atoms with van der Waals surface area (Å²) in [5.74, 6) is 0. The zero-order valence-corrected chi connectivity index (χ0v) is 17.8. The third-order valence-corrected chi connectivity index (χ3v) is 5.69. The number of rotatable bonds is 6. The van der Waals surface area contributed by atoms with Crippen molar-refractivity contribution in [3.63, 3.8) is 0 Å². The van der Waals surface area contributed by atoms with Crippen molar-refractivity contribution < 1.29 is 14.8 Å². The quantitative estimate of drug-likeness (QED) is 0.275. The van der Waals surface area contributed by atoms with Gasteiger partial charge in [-0.1, -0.05) is 32.0 Å². The van der Waals surface area contributed by atoms with Crippen LogP contribution in [0.1, 0.15) is 36.1 Å². The molecule has 0 N–H and O–H groups in total. The molecule has 0 saturated carbocycles. The Bertz CT molecular complexity index is 1360. The largest absolute Gasteiger partial charge is 0.284 e. The van der Waals surface area contributed by atoms with E-state index < -0.39 is 26.1 Å². The zero-order chi connectivity index (χ0) is 23.9. The standard InChI is InChI=1S/C23H18N4O6/c1-3-13-6-5-7-14(4-2)22(13)24-23-18-10-15(25(28)29)8-9-17(18)21-19(23)11-16(26(30)31)12-20(21)27(32)33/h5-12H,3-4H2,1-2H3. The van der Waals surface area contributed by atoms with Gasteiger partial charge in [0.25, 0.3) is 17.1 Å². The monoisotopic (exact) mass is 446 g/mol. The van der Waals surface area contributed by atoms with Gasteiger partial charge < -0.3 is 0 Å². The van der Waals surface area contributed by atoms with E-state index in [2.05, 4.69) is 0 Å². The molecule has 166 valence electrons. The first kappa shape index (κ1) is 21.8. The second-order valence-corrected chi connectivity index (χ2v) is 7.48. The fourth-order valence-corrected chi connectivity index (χ4v) is 4.13. The Balaban J connectivity index is 2.13. The lowest BCUT2D eigenvalue weighted by atomic mass is 10.0. The number of nitro groups is 3. The summed E-state index contributed by atoms with van der Waals surface area (Å²) < 4.78 is 0. The summed E-state index contributed by atoms with van der Waals surface area (Å²) in [7, 11) is 0. The van der Waals surface area contributed by atoms with Crippen molar-refractivity contribution in [1.82, 2.24) is 0 Å². The molecule has 3 aromatic carbocycles. The van der Waals surface area contributed by atoms with Gasteiger partial charge in [-0.2, -0.15) is 0 Å². The Morgan fingerprint density at radius 1 is 0.727 bits per heavy atom. The molecule has 4 rings (SSSR count). The van der Waals surface area contributed by atoms with E-state index in [1.165, 1.54) is 24.3 Å². The summed E-state index contributed by atoms with van der Waals surface area (Å²) in [5, 5.41) is 34.8. The van der Waals surface area contributed by atoms with E-state index in [4.69, 9.17) is 4.99 Å². The van der Waals surface area contributed by atoms with Crippen molar-refractivity contribution in [3.8, 4) is 11.1 Å². The molecule has 0 unspecified atom stereocenters. The maximum absolute atomic E-state index is 11.8. The lowest BCUT2D eigenvalue weighted by Crippen LogP contribution is -2.02. The highest BCUT2D eigenvalue weighted by Gasteiger charge is 2.36. The van der Waals surface area contributed by atoms with Crippen molar-refractivity contribution in [2.75, 3.05) is 0 Å². The molecule has 0 aromatic heterocycles. The number of hydrogen-bond donors (Lipinski definition) is 0. The third kappa shape index (κ3) is 3.61. The van der Waals surface area contributed by atoms with E-state index in [-0.39, 0.29) is 22.5 Å². The molecular weight excluding hydrogens is 428 g/mol. The molecule has 0 heterocycles. The molecule has 0 amide bonds. The van der Waals surface area contributed by atoms with Gasteiger partial charge in [0.1, 0.15) is 0 Å². The van der Waals surface area contributed by atoms with Crippen molar-refractivity contribution >= 4 is 28.5 Å². The van der Waals surface area contributed by atoms with E-state index in [9.17, 15) is 30.3 Å². The normalized spacial score (nSPS) is 13.0. The van der Waals surface area contributed by atoms with Crippen molar-refractivity contribution in [2.45, 2.75) is 26.7 Å². The molecule has 0 fully saturated rings. The van der Waals surface area contributed by atoms with Crippen molar-refractivity contribution in [3.05, 3.63) is 101 Å². The molecule has 0 radical (unpaired) electrons. The first-order valence-electron chi connectivity index (χ1n) is 10.2. The third-order valence-electron chi connectivity index (χ3n) is 5.69. The molecule has 3 aromatic rings. The molecule has 10 heteroatoms. The lowest BCUT2D eigenvalue weighted by Gasteiger charge is -2.11. The predicted molar refractivity (Wildman–Crippen MR) is 122 cm³/mol. The van der Waals surface area contributed by atoms with Crippen LogP contribution in [0.3, 0.4) is 0 Å². The van der Waals surface area contributed by atoms with Crippen LogP contribution in [0.15, 0.2) is 53.5 Å². The second kappa shape index (κ2) is 8.23. The minimum absolute atomic E-state index is 0.168. The maximum Gasteiger partial charge on any atom is 0.284 e. The van der Waals surface area contributed by atoms with Gasteiger partial charge in [0.05, 0.1) is 37.8 Å². The number of hydrogen-bond acceptors (Lipinski definition) is 7. The van der Waals surface area contributed by atoms with Gasteiger partial charge in [0.15, 0.2) is 0 Å². The number of benzene rings is 3. The molecule has 0 spiro atoms. The van der Waals surface area contributed by atoms with Crippen LogP contribution in [-0.2, 0) is 12.8 Å². The minimum Gasteiger partial charge on any atom is -0.258 e. The summed E-state index contributed by atoms with van der Waals surface area (Å²) in [6, 6.07) is 11.9.